The van der Waals surface area contributed by atoms with Gasteiger partial charge in [0.15, 0.2) is 0 Å². The first-order chi connectivity index (χ1) is 6.61. The normalized spacial score (nSPS) is 15.5. The van der Waals surface area contributed by atoms with Crippen molar-refractivity contribution in [2.24, 2.45) is 11.7 Å². The third kappa shape index (κ3) is 3.13. The molecule has 2 atom stereocenters. The molecule has 78 valence electrons. The number of benzene rings is 1. The third-order valence-electron chi connectivity index (χ3n) is 2.54. The van der Waals surface area contributed by atoms with Gasteiger partial charge >= 0.3 is 0 Å². The van der Waals surface area contributed by atoms with E-state index < -0.39 is 6.10 Å². The molecule has 0 amide bonds. The second-order valence-corrected chi connectivity index (χ2v) is 4.07. The van der Waals surface area contributed by atoms with Crippen molar-refractivity contribution in [3.05, 3.63) is 35.9 Å². The van der Waals surface area contributed by atoms with Gasteiger partial charge in [-0.15, -0.1) is 0 Å². The van der Waals surface area contributed by atoms with Crippen molar-refractivity contribution >= 4 is 0 Å². The molecule has 0 bridgehead atoms. The highest BCUT2D eigenvalue weighted by molar-refractivity contribution is 5.17. The molecule has 0 saturated carbocycles. The fraction of sp³-hybridized carbons (Fsp3) is 0.500. The van der Waals surface area contributed by atoms with Gasteiger partial charge in [0.2, 0.25) is 0 Å². The summed E-state index contributed by atoms with van der Waals surface area (Å²) in [6.07, 6.45) is 0.190. The Kier molecular flexibility index (Phi) is 4.11. The summed E-state index contributed by atoms with van der Waals surface area (Å²) < 4.78 is 0. The van der Waals surface area contributed by atoms with E-state index in [1.807, 2.05) is 30.3 Å². The molecule has 0 spiro atoms. The lowest BCUT2D eigenvalue weighted by Gasteiger charge is -2.19. The molecule has 2 heteroatoms. The van der Waals surface area contributed by atoms with E-state index in [2.05, 4.69) is 13.8 Å². The topological polar surface area (TPSA) is 46.2 Å². The van der Waals surface area contributed by atoms with E-state index in [0.29, 0.717) is 12.3 Å². The summed E-state index contributed by atoms with van der Waals surface area (Å²) in [4.78, 5) is 0. The first-order valence-electron chi connectivity index (χ1n) is 5.10. The predicted octanol–water partition coefficient (Wildman–Crippen LogP) is 2.09. The average molecular weight is 193 g/mol. The van der Waals surface area contributed by atoms with Gasteiger partial charge in [0, 0.05) is 6.04 Å². The van der Waals surface area contributed by atoms with Crippen LogP contribution >= 0.6 is 0 Å². The van der Waals surface area contributed by atoms with Crippen LogP contribution in [0.3, 0.4) is 0 Å². The van der Waals surface area contributed by atoms with Crippen LogP contribution in [0.15, 0.2) is 30.3 Å². The van der Waals surface area contributed by atoms with E-state index in [9.17, 15) is 5.11 Å². The van der Waals surface area contributed by atoms with Crippen LogP contribution in [-0.4, -0.2) is 11.1 Å². The van der Waals surface area contributed by atoms with Crippen LogP contribution in [0.25, 0.3) is 0 Å². The van der Waals surface area contributed by atoms with Crippen LogP contribution in [-0.2, 0) is 0 Å². The van der Waals surface area contributed by atoms with Crippen molar-refractivity contribution < 1.29 is 5.11 Å². The Morgan fingerprint density at radius 2 is 1.79 bits per heavy atom. The molecule has 0 aliphatic rings. The highest BCUT2D eigenvalue weighted by Crippen LogP contribution is 2.19. The number of rotatable bonds is 4. The minimum Gasteiger partial charge on any atom is -0.388 e. The molecule has 0 aliphatic carbocycles. The average Bonchev–Trinajstić information content (AvgIpc) is 2.19. The second kappa shape index (κ2) is 5.13. The fourth-order valence-corrected chi connectivity index (χ4v) is 1.34. The van der Waals surface area contributed by atoms with Crippen molar-refractivity contribution in [2.75, 3.05) is 0 Å². The lowest BCUT2D eigenvalue weighted by atomic mass is 9.95. The van der Waals surface area contributed by atoms with Gasteiger partial charge in [0.25, 0.3) is 0 Å². The van der Waals surface area contributed by atoms with E-state index in [-0.39, 0.29) is 6.04 Å². The van der Waals surface area contributed by atoms with Gasteiger partial charge in [-0.1, -0.05) is 44.2 Å². The maximum atomic E-state index is 9.86. The lowest BCUT2D eigenvalue weighted by molar-refractivity contribution is 0.150. The quantitative estimate of drug-likeness (QED) is 0.769. The molecule has 2 unspecified atom stereocenters. The van der Waals surface area contributed by atoms with Gasteiger partial charge < -0.3 is 10.8 Å². The van der Waals surface area contributed by atoms with Gasteiger partial charge in [0.05, 0.1) is 6.10 Å². The molecule has 0 radical (unpaired) electrons. The first kappa shape index (κ1) is 11.2. The van der Waals surface area contributed by atoms with E-state index in [4.69, 9.17) is 5.73 Å². The van der Waals surface area contributed by atoms with E-state index in [0.717, 1.165) is 5.56 Å². The molecule has 0 fully saturated rings. The fourth-order valence-electron chi connectivity index (χ4n) is 1.34. The van der Waals surface area contributed by atoms with Crippen LogP contribution < -0.4 is 5.73 Å². The second-order valence-electron chi connectivity index (χ2n) is 4.07. The summed E-state index contributed by atoms with van der Waals surface area (Å²) >= 11 is 0. The van der Waals surface area contributed by atoms with E-state index >= 15 is 0 Å². The first-order valence-corrected chi connectivity index (χ1v) is 5.10. The van der Waals surface area contributed by atoms with Gasteiger partial charge in [-0.3, -0.25) is 0 Å². The van der Waals surface area contributed by atoms with Crippen molar-refractivity contribution in [2.45, 2.75) is 32.4 Å². The molecule has 0 saturated heterocycles. The Labute approximate surface area is 85.8 Å². The zero-order chi connectivity index (χ0) is 10.6. The summed E-state index contributed by atoms with van der Waals surface area (Å²) in [7, 11) is 0. The van der Waals surface area contributed by atoms with Crippen LogP contribution in [0.2, 0.25) is 0 Å². The maximum Gasteiger partial charge on any atom is 0.0804 e. The Morgan fingerprint density at radius 1 is 1.21 bits per heavy atom. The molecule has 1 rings (SSSR count). The van der Waals surface area contributed by atoms with E-state index in [1.54, 1.807) is 0 Å². The summed E-state index contributed by atoms with van der Waals surface area (Å²) in [5, 5.41) is 9.86. The molecular weight excluding hydrogens is 174 g/mol. The number of hydrogen-bond donors (Lipinski definition) is 2. The van der Waals surface area contributed by atoms with Crippen LogP contribution in [0.1, 0.15) is 31.9 Å². The smallest absolute Gasteiger partial charge is 0.0804 e. The lowest BCUT2D eigenvalue weighted by Crippen LogP contribution is -2.28. The predicted molar refractivity (Wildman–Crippen MR) is 58.8 cm³/mol. The Balaban J connectivity index is 2.55. The van der Waals surface area contributed by atoms with Gasteiger partial charge in [-0.25, -0.2) is 0 Å². The molecule has 0 aromatic heterocycles. The number of aliphatic hydroxyl groups is 1. The Hall–Kier alpha value is -0.860. The van der Waals surface area contributed by atoms with Gasteiger partial charge in [0.1, 0.15) is 0 Å². The Morgan fingerprint density at radius 3 is 2.29 bits per heavy atom. The monoisotopic (exact) mass is 193 g/mol. The van der Waals surface area contributed by atoms with Crippen LogP contribution in [0.4, 0.5) is 0 Å². The molecular formula is C12H19NO. The molecule has 3 N–H and O–H groups in total. The standard InChI is InChI=1S/C12H19NO/c1-9(2)11(13)8-12(14)10-6-4-3-5-7-10/h3-7,9,11-12,14H,8,13H2,1-2H3. The number of aliphatic hydroxyl groups excluding tert-OH is 1. The van der Waals surface area contributed by atoms with Gasteiger partial charge in [-0.2, -0.15) is 0 Å². The van der Waals surface area contributed by atoms with Crippen molar-refractivity contribution in [3.8, 4) is 0 Å². The van der Waals surface area contributed by atoms with Crippen molar-refractivity contribution in [1.29, 1.82) is 0 Å². The maximum absolute atomic E-state index is 9.86. The molecule has 1 aromatic rings. The highest BCUT2D eigenvalue weighted by Gasteiger charge is 2.14. The van der Waals surface area contributed by atoms with Crippen LogP contribution in [0.5, 0.6) is 0 Å². The van der Waals surface area contributed by atoms with Crippen molar-refractivity contribution in [1.82, 2.24) is 0 Å². The van der Waals surface area contributed by atoms with Crippen molar-refractivity contribution in [3.63, 3.8) is 0 Å². The molecule has 1 aromatic carbocycles. The Bertz CT molecular complexity index is 258. The van der Waals surface area contributed by atoms with E-state index in [1.165, 1.54) is 0 Å². The number of nitrogens with two attached hydrogens (primary N) is 1. The summed E-state index contributed by atoms with van der Waals surface area (Å²) in [5.74, 6) is 0.411. The minimum atomic E-state index is -0.436. The van der Waals surface area contributed by atoms with Crippen LogP contribution in [0, 0.1) is 5.92 Å². The molecule has 14 heavy (non-hydrogen) atoms. The summed E-state index contributed by atoms with van der Waals surface area (Å²) in [5.41, 5.74) is 6.84. The SMILES string of the molecule is CC(C)C(N)CC(O)c1ccccc1. The zero-order valence-electron chi connectivity index (χ0n) is 8.85. The summed E-state index contributed by atoms with van der Waals surface area (Å²) in [6.45, 7) is 4.14. The molecule has 2 nitrogen and oxygen atoms in total. The van der Waals surface area contributed by atoms with Gasteiger partial charge in [-0.05, 0) is 17.9 Å². The molecule has 0 heterocycles. The number of hydrogen-bond acceptors (Lipinski definition) is 2. The molecule has 0 aliphatic heterocycles. The largest absolute Gasteiger partial charge is 0.388 e. The zero-order valence-corrected chi connectivity index (χ0v) is 8.85. The summed E-state index contributed by atoms with van der Waals surface area (Å²) in [6, 6.07) is 9.72. The third-order valence-corrected chi connectivity index (χ3v) is 2.54. The highest BCUT2D eigenvalue weighted by atomic mass is 16.3. The minimum absolute atomic E-state index is 0.0604.